The molecule has 9 nitrogen and oxygen atoms in total. The molecule has 0 spiro atoms. The highest BCUT2D eigenvalue weighted by Crippen LogP contribution is 2.38. The van der Waals surface area contributed by atoms with Gasteiger partial charge in [0.2, 0.25) is 5.95 Å². The molecule has 4 rings (SSSR count). The van der Waals surface area contributed by atoms with Crippen molar-refractivity contribution in [1.82, 2.24) is 19.9 Å². The van der Waals surface area contributed by atoms with Crippen LogP contribution in [0.3, 0.4) is 0 Å². The molecule has 1 aliphatic heterocycles. The Labute approximate surface area is 216 Å². The van der Waals surface area contributed by atoms with Gasteiger partial charge in [0, 0.05) is 43.4 Å². The average molecular weight is 519 g/mol. The second-order valence-electron chi connectivity index (χ2n) is 8.66. The van der Waals surface area contributed by atoms with Crippen LogP contribution in [-0.2, 0) is 4.74 Å². The molecule has 1 aliphatic rings. The number of hydrogen-bond donors (Lipinski definition) is 2. The van der Waals surface area contributed by atoms with E-state index in [1.165, 1.54) is 26.5 Å². The number of nitrogens with two attached hydrogens (primary N) is 1. The zero-order valence-electron chi connectivity index (χ0n) is 22.1. The van der Waals surface area contributed by atoms with Crippen LogP contribution >= 0.6 is 0 Å². The van der Waals surface area contributed by atoms with Crippen molar-refractivity contribution in [3.8, 4) is 22.8 Å². The van der Waals surface area contributed by atoms with Crippen LogP contribution in [0.25, 0.3) is 22.2 Å². The first-order valence-corrected chi connectivity index (χ1v) is 12.4. The largest absolute Gasteiger partial charge is 0.494 e. The Morgan fingerprint density at radius 3 is 2.35 bits per heavy atom. The Bertz CT molecular complexity index is 1160. The molecule has 0 saturated carbocycles. The van der Waals surface area contributed by atoms with E-state index in [9.17, 15) is 0 Å². The van der Waals surface area contributed by atoms with Crippen molar-refractivity contribution in [3.05, 3.63) is 30.0 Å². The van der Waals surface area contributed by atoms with Crippen molar-refractivity contribution < 1.29 is 23.0 Å². The second-order valence-corrected chi connectivity index (χ2v) is 8.66. The highest BCUT2D eigenvalue weighted by Gasteiger charge is 2.25. The number of benzene rings is 1. The van der Waals surface area contributed by atoms with Crippen molar-refractivity contribution in [3.63, 3.8) is 0 Å². The normalized spacial score (nSPS) is 15.4. The maximum Gasteiger partial charge on any atom is 0.220 e. The number of likely N-dealkylation sites (N-methyl/N-ethyl adjacent to an activating group) is 1. The summed E-state index contributed by atoms with van der Waals surface area (Å²) >= 11 is 0. The SMILES string of the molecule is CCCOCC.COc1cc(OC)c(F)c(-c2cc3cnc(N)nc3c(NCC3CCCN3C)n2)c1F. The molecular weight excluding hydrogens is 482 g/mol. The average Bonchev–Trinajstić information content (AvgIpc) is 3.31. The topological polar surface area (TPSA) is 108 Å². The van der Waals surface area contributed by atoms with Gasteiger partial charge in [0.1, 0.15) is 5.52 Å². The van der Waals surface area contributed by atoms with E-state index in [-0.39, 0.29) is 28.7 Å². The van der Waals surface area contributed by atoms with Crippen LogP contribution in [0.5, 0.6) is 11.5 Å². The van der Waals surface area contributed by atoms with Crippen LogP contribution in [0.4, 0.5) is 20.5 Å². The van der Waals surface area contributed by atoms with Gasteiger partial charge in [-0.1, -0.05) is 6.92 Å². The van der Waals surface area contributed by atoms with Gasteiger partial charge in [-0.25, -0.2) is 23.7 Å². The number of nitrogen functional groups attached to an aromatic ring is 1. The first-order valence-electron chi connectivity index (χ1n) is 12.4. The van der Waals surface area contributed by atoms with Gasteiger partial charge in [-0.05, 0) is 45.8 Å². The quantitative estimate of drug-likeness (QED) is 0.396. The van der Waals surface area contributed by atoms with E-state index in [0.29, 0.717) is 29.3 Å². The number of methoxy groups -OCH3 is 2. The van der Waals surface area contributed by atoms with Crippen LogP contribution in [0.15, 0.2) is 18.3 Å². The van der Waals surface area contributed by atoms with Gasteiger partial charge < -0.3 is 30.2 Å². The molecular formula is C26H36F2N6O3. The number of rotatable bonds is 9. The van der Waals surface area contributed by atoms with E-state index in [2.05, 4.69) is 39.1 Å². The van der Waals surface area contributed by atoms with Gasteiger partial charge in [-0.15, -0.1) is 0 Å². The lowest BCUT2D eigenvalue weighted by Crippen LogP contribution is -2.31. The molecule has 3 N–H and O–H groups in total. The molecule has 1 fully saturated rings. The lowest BCUT2D eigenvalue weighted by atomic mass is 10.1. The molecule has 3 aromatic rings. The second kappa shape index (κ2) is 13.3. The minimum Gasteiger partial charge on any atom is -0.494 e. The molecule has 1 atom stereocenters. The minimum atomic E-state index is -0.870. The molecule has 37 heavy (non-hydrogen) atoms. The van der Waals surface area contributed by atoms with Gasteiger partial charge in [-0.3, -0.25) is 0 Å². The molecule has 0 amide bonds. The summed E-state index contributed by atoms with van der Waals surface area (Å²) in [7, 11) is 4.67. The van der Waals surface area contributed by atoms with Crippen molar-refractivity contribution in [2.45, 2.75) is 39.2 Å². The number of ether oxygens (including phenoxy) is 3. The summed E-state index contributed by atoms with van der Waals surface area (Å²) in [5.41, 5.74) is 5.96. The summed E-state index contributed by atoms with van der Waals surface area (Å²) in [4.78, 5) is 15.1. The van der Waals surface area contributed by atoms with Crippen molar-refractivity contribution in [2.75, 3.05) is 58.6 Å². The fourth-order valence-corrected chi connectivity index (χ4v) is 4.16. The molecule has 1 unspecified atom stereocenters. The Morgan fingerprint density at radius 2 is 1.81 bits per heavy atom. The number of fused-ring (bicyclic) bond motifs is 1. The summed E-state index contributed by atoms with van der Waals surface area (Å²) < 4.78 is 45.2. The monoisotopic (exact) mass is 518 g/mol. The van der Waals surface area contributed by atoms with Crippen LogP contribution in [0.1, 0.15) is 33.1 Å². The molecule has 3 heterocycles. The molecule has 1 aromatic carbocycles. The zero-order valence-corrected chi connectivity index (χ0v) is 22.1. The van der Waals surface area contributed by atoms with Crippen LogP contribution < -0.4 is 20.5 Å². The van der Waals surface area contributed by atoms with E-state index in [1.54, 1.807) is 0 Å². The molecule has 0 bridgehead atoms. The van der Waals surface area contributed by atoms with E-state index in [1.807, 2.05) is 6.92 Å². The lowest BCUT2D eigenvalue weighted by Gasteiger charge is -2.21. The highest BCUT2D eigenvalue weighted by atomic mass is 19.1. The summed E-state index contributed by atoms with van der Waals surface area (Å²) in [5.74, 6) is -1.57. The fourth-order valence-electron chi connectivity index (χ4n) is 4.16. The third-order valence-electron chi connectivity index (χ3n) is 6.14. The maximum absolute atomic E-state index is 15.1. The van der Waals surface area contributed by atoms with Crippen molar-refractivity contribution in [2.24, 2.45) is 0 Å². The minimum absolute atomic E-state index is 0.0651. The summed E-state index contributed by atoms with van der Waals surface area (Å²) in [6.07, 6.45) is 4.80. The standard InChI is InChI=1S/C21H24F2N6O2.C5H12O/c1-29-6-4-5-12(29)10-25-20-19-11(9-26-21(24)28-19)7-13(27-20)16-17(22)14(30-2)8-15(31-3)18(16)23;1-3-5-6-4-2/h7-9,12H,4-6,10H2,1-3H3,(H,25,27)(H2,24,26,28);3-5H2,1-2H3. The third-order valence-corrected chi connectivity index (χ3v) is 6.14. The van der Waals surface area contributed by atoms with Gasteiger partial charge in [0.15, 0.2) is 29.0 Å². The number of aromatic nitrogens is 3. The smallest absolute Gasteiger partial charge is 0.220 e. The Morgan fingerprint density at radius 1 is 1.11 bits per heavy atom. The number of pyridine rings is 1. The van der Waals surface area contributed by atoms with Crippen LogP contribution in [0.2, 0.25) is 0 Å². The molecule has 202 valence electrons. The van der Waals surface area contributed by atoms with Gasteiger partial charge >= 0.3 is 0 Å². The van der Waals surface area contributed by atoms with Gasteiger partial charge in [0.25, 0.3) is 0 Å². The number of nitrogens with one attached hydrogen (secondary N) is 1. The molecule has 1 saturated heterocycles. The predicted molar refractivity (Wildman–Crippen MR) is 141 cm³/mol. The van der Waals surface area contributed by atoms with E-state index in [0.717, 1.165) is 45.1 Å². The van der Waals surface area contributed by atoms with E-state index < -0.39 is 11.6 Å². The van der Waals surface area contributed by atoms with E-state index >= 15 is 8.78 Å². The van der Waals surface area contributed by atoms with Gasteiger partial charge in [-0.2, -0.15) is 0 Å². The highest BCUT2D eigenvalue weighted by molar-refractivity contribution is 5.91. The first kappa shape index (κ1) is 28.3. The fraction of sp³-hybridized carbons (Fsp3) is 0.500. The number of halogens is 2. The number of anilines is 2. The summed E-state index contributed by atoms with van der Waals surface area (Å²) in [6.45, 7) is 7.52. The maximum atomic E-state index is 15.1. The molecule has 0 radical (unpaired) electrons. The van der Waals surface area contributed by atoms with Crippen LogP contribution in [0, 0.1) is 11.6 Å². The summed E-state index contributed by atoms with van der Waals surface area (Å²) in [6, 6.07) is 3.00. The number of likely N-dealkylation sites (tertiary alicyclic amines) is 1. The molecule has 2 aromatic heterocycles. The number of nitrogens with zero attached hydrogens (tertiary/aromatic N) is 4. The number of hydrogen-bond acceptors (Lipinski definition) is 9. The van der Waals surface area contributed by atoms with E-state index in [4.69, 9.17) is 19.9 Å². The van der Waals surface area contributed by atoms with Crippen LogP contribution in [-0.4, -0.2) is 73.5 Å². The Kier molecular flexibility index (Phi) is 10.2. The third kappa shape index (κ3) is 6.72. The zero-order chi connectivity index (χ0) is 26.9. The Hall–Kier alpha value is -3.31. The van der Waals surface area contributed by atoms with Gasteiger partial charge in [0.05, 0.1) is 25.5 Å². The van der Waals surface area contributed by atoms with Crippen molar-refractivity contribution in [1.29, 1.82) is 0 Å². The Balaban J connectivity index is 0.000000568. The predicted octanol–water partition coefficient (Wildman–Crippen LogP) is 4.51. The molecule has 0 aliphatic carbocycles. The lowest BCUT2D eigenvalue weighted by molar-refractivity contribution is 0.148. The summed E-state index contributed by atoms with van der Waals surface area (Å²) in [5, 5.41) is 3.83. The first-order chi connectivity index (χ1) is 17.8. The molecule has 11 heteroatoms. The van der Waals surface area contributed by atoms with Crippen molar-refractivity contribution >= 4 is 22.7 Å².